The fourth-order valence-electron chi connectivity index (χ4n) is 10.6. The van der Waals surface area contributed by atoms with Gasteiger partial charge in [-0.3, -0.25) is 62.6 Å². The van der Waals surface area contributed by atoms with Crippen LogP contribution in [0.2, 0.25) is 25.7 Å². The molecule has 0 unspecified atom stereocenters. The second-order valence-electron chi connectivity index (χ2n) is 30.2. The van der Waals surface area contributed by atoms with Crippen LogP contribution in [-0.4, -0.2) is 241 Å². The van der Waals surface area contributed by atoms with E-state index in [1.165, 1.54) is 34.6 Å². The number of amides is 11. The Labute approximate surface area is 603 Å². The number of aliphatic imine (C=N–C) groups is 1. The van der Waals surface area contributed by atoms with Crippen molar-refractivity contribution >= 4 is 102 Å². The van der Waals surface area contributed by atoms with Gasteiger partial charge in [-0.25, -0.2) is 9.59 Å². The number of hydrogen-bond donors (Lipinski definition) is 19. The van der Waals surface area contributed by atoms with Gasteiger partial charge in [-0.15, -0.1) is 0 Å². The van der Waals surface area contributed by atoms with Crippen molar-refractivity contribution in [3.8, 4) is 0 Å². The highest BCUT2D eigenvalue weighted by Gasteiger charge is 2.50. The number of aliphatic hydroxyl groups excluding tert-OH is 4. The molecule has 103 heavy (non-hydrogen) atoms. The topological polar surface area (TPSA) is 589 Å². The SMILES string of the molecule is CC[C@H](C)[C@H](NC(=O)[C@@H](CCCN=C(N)N)NC(=O)[C@H](CC(C)C)NC(=O)[C@@H](NC(=O)OC(C)(C)C)[C@H](O)C(C)(C)C(=O)[C@H](CN)N(C(=O)[C@H](CC(C)(C)C)NC(=O)[C@H](N)C[Si](C)(C)C)c1ccccc1N(C)C)C(=O)N[C@H](C(=O)NCC(=O)N[C@H](C(=O)N[C@@H](CO)C(=O)O)[C@H](O)C(N)=O)[C@H](C)O. The van der Waals surface area contributed by atoms with Crippen LogP contribution in [0.25, 0.3) is 0 Å². The monoisotopic (exact) mass is 1480 g/mol. The fraction of sp³-hybridized carbons (Fsp3) is 0.697. The summed E-state index contributed by atoms with van der Waals surface area (Å²) >= 11 is 0. The Morgan fingerprint density at radius 2 is 1.17 bits per heavy atom. The van der Waals surface area contributed by atoms with Crippen LogP contribution in [0.15, 0.2) is 29.3 Å². The van der Waals surface area contributed by atoms with Crippen LogP contribution in [-0.2, 0) is 62.3 Å². The molecular weight excluding hydrogens is 1360 g/mol. The van der Waals surface area contributed by atoms with Crippen LogP contribution in [0.1, 0.15) is 122 Å². The smallest absolute Gasteiger partial charge is 0.408 e. The molecule has 0 aliphatic heterocycles. The zero-order valence-electron chi connectivity index (χ0n) is 62.7. The summed E-state index contributed by atoms with van der Waals surface area (Å²) in [5.41, 5.74) is 25.9. The molecule has 0 heterocycles. The number of aliphatic carboxylic acids is 1. The van der Waals surface area contributed by atoms with E-state index < -0.39 is 212 Å². The Morgan fingerprint density at radius 1 is 0.650 bits per heavy atom. The lowest BCUT2D eigenvalue weighted by Crippen LogP contribution is -2.65. The van der Waals surface area contributed by atoms with Gasteiger partial charge in [0.05, 0.1) is 48.2 Å². The number of ether oxygens (including phenoxy) is 1. The summed E-state index contributed by atoms with van der Waals surface area (Å²) in [6, 6.07) is -10.0. The number of guanidine groups is 1. The number of carboxylic acids is 1. The van der Waals surface area contributed by atoms with Crippen molar-refractivity contribution in [1.29, 1.82) is 0 Å². The van der Waals surface area contributed by atoms with Crippen molar-refractivity contribution < 1.29 is 92.6 Å². The van der Waals surface area contributed by atoms with Gasteiger partial charge in [0.2, 0.25) is 59.1 Å². The number of carbonyl (C=O) groups is 13. The largest absolute Gasteiger partial charge is 0.480 e. The molecule has 1 aromatic rings. The maximum Gasteiger partial charge on any atom is 0.408 e. The van der Waals surface area contributed by atoms with Crippen molar-refractivity contribution in [2.45, 2.75) is 232 Å². The number of anilines is 2. The first-order chi connectivity index (χ1) is 47.3. The predicted molar refractivity (Wildman–Crippen MR) is 386 cm³/mol. The van der Waals surface area contributed by atoms with Gasteiger partial charge >= 0.3 is 12.1 Å². The van der Waals surface area contributed by atoms with Gasteiger partial charge in [0.15, 0.2) is 17.8 Å². The summed E-state index contributed by atoms with van der Waals surface area (Å²) < 4.78 is 5.54. The van der Waals surface area contributed by atoms with Crippen LogP contribution in [0.3, 0.4) is 0 Å². The van der Waals surface area contributed by atoms with Crippen LogP contribution >= 0.6 is 0 Å². The number of carbonyl (C=O) groups excluding carboxylic acids is 12. The number of rotatable bonds is 42. The number of nitrogens with one attached hydrogen (secondary N) is 9. The number of carboxylic acid groups (broad SMARTS) is 1. The van der Waals surface area contributed by atoms with Gasteiger partial charge in [0, 0.05) is 35.3 Å². The molecule has 0 spiro atoms. The third-order valence-electron chi connectivity index (χ3n) is 16.1. The fourth-order valence-corrected chi connectivity index (χ4v) is 12.1. The number of para-hydroxylation sites is 2. The molecule has 0 aromatic heterocycles. The Bertz CT molecular complexity index is 3130. The molecule has 37 heteroatoms. The molecule has 11 amide bonds. The summed E-state index contributed by atoms with van der Waals surface area (Å²) in [5, 5.41) is 73.5. The van der Waals surface area contributed by atoms with Crippen LogP contribution in [0.4, 0.5) is 16.2 Å². The minimum absolute atomic E-state index is 0.00254. The number of primary amides is 1. The van der Waals surface area contributed by atoms with Gasteiger partial charge in [0.25, 0.3) is 0 Å². The summed E-state index contributed by atoms with van der Waals surface area (Å²) in [5.74, 6) is -15.4. The molecule has 14 atom stereocenters. The quantitative estimate of drug-likeness (QED) is 0.0130. The zero-order valence-corrected chi connectivity index (χ0v) is 63.7. The predicted octanol–water partition coefficient (Wildman–Crippen LogP) is -3.68. The van der Waals surface area contributed by atoms with Gasteiger partial charge in [-0.1, -0.05) is 101 Å². The number of Topliss-reactive ketones (excluding diaryl/α,β-unsaturated/α-hetero) is 1. The Morgan fingerprint density at radius 3 is 1.64 bits per heavy atom. The number of alkyl carbamates (subject to hydrolysis) is 1. The Balaban J connectivity index is 4.02. The summed E-state index contributed by atoms with van der Waals surface area (Å²) in [7, 11) is 1.47. The number of benzene rings is 1. The van der Waals surface area contributed by atoms with Crippen molar-refractivity contribution in [3.05, 3.63) is 24.3 Å². The first-order valence-electron chi connectivity index (χ1n) is 34.0. The van der Waals surface area contributed by atoms with E-state index in [-0.39, 0.29) is 50.3 Å². The molecule has 0 aliphatic rings. The minimum Gasteiger partial charge on any atom is -0.480 e. The summed E-state index contributed by atoms with van der Waals surface area (Å²) in [6.07, 6.45) is -7.89. The van der Waals surface area contributed by atoms with Crippen molar-refractivity contribution in [3.63, 3.8) is 0 Å². The van der Waals surface area contributed by atoms with E-state index in [2.05, 4.69) is 42.2 Å². The molecule has 0 radical (unpaired) electrons. The van der Waals surface area contributed by atoms with Crippen molar-refractivity contribution in [2.75, 3.05) is 50.1 Å². The highest BCUT2D eigenvalue weighted by molar-refractivity contribution is 6.76. The Kier molecular flexibility index (Phi) is 36.8. The van der Waals surface area contributed by atoms with E-state index in [0.29, 0.717) is 11.7 Å². The summed E-state index contributed by atoms with van der Waals surface area (Å²) in [4.78, 5) is 187. The Hall–Kier alpha value is -8.62. The van der Waals surface area contributed by atoms with Crippen LogP contribution in [0, 0.1) is 22.7 Å². The number of nitrogens with zero attached hydrogens (tertiary/aromatic N) is 3. The molecule has 0 fully saturated rings. The van der Waals surface area contributed by atoms with Crippen molar-refractivity contribution in [2.24, 2.45) is 56.3 Å². The second-order valence-corrected chi connectivity index (χ2v) is 35.7. The van der Waals surface area contributed by atoms with E-state index in [0.717, 1.165) is 11.8 Å². The highest BCUT2D eigenvalue weighted by atomic mass is 28.3. The molecule has 584 valence electrons. The van der Waals surface area contributed by atoms with Gasteiger partial charge < -0.3 is 112 Å². The van der Waals surface area contributed by atoms with Gasteiger partial charge in [-0.05, 0) is 88.8 Å². The maximum absolute atomic E-state index is 15.7. The van der Waals surface area contributed by atoms with E-state index in [1.807, 2.05) is 45.7 Å². The minimum atomic E-state index is -2.45. The first kappa shape index (κ1) is 92.4. The third-order valence-corrected chi connectivity index (χ3v) is 17.8. The van der Waals surface area contributed by atoms with Gasteiger partial charge in [0.1, 0.15) is 60.0 Å². The molecule has 0 saturated carbocycles. The first-order valence-corrected chi connectivity index (χ1v) is 37.7. The van der Waals surface area contributed by atoms with E-state index in [4.69, 9.17) is 33.4 Å². The third kappa shape index (κ3) is 30.7. The van der Waals surface area contributed by atoms with E-state index in [1.54, 1.807) is 76.3 Å². The molecular formula is C66H117N17O19Si. The molecule has 0 aliphatic carbocycles. The number of nitrogens with two attached hydrogens (primary N) is 5. The average Bonchev–Trinajstić information content (AvgIpc) is 0.768. The average molecular weight is 1480 g/mol. The molecule has 1 aromatic carbocycles. The lowest BCUT2D eigenvalue weighted by molar-refractivity contribution is -0.145. The van der Waals surface area contributed by atoms with Crippen molar-refractivity contribution in [1.82, 2.24) is 47.9 Å². The number of ketones is 1. The molecule has 0 saturated heterocycles. The van der Waals surface area contributed by atoms with E-state index in [9.17, 15) is 73.5 Å². The molecule has 0 bridgehead atoms. The highest BCUT2D eigenvalue weighted by Crippen LogP contribution is 2.36. The normalized spacial score (nSPS) is 16.0. The second kappa shape index (κ2) is 41.0. The molecule has 36 nitrogen and oxygen atoms in total. The molecule has 24 N–H and O–H groups in total. The van der Waals surface area contributed by atoms with Crippen LogP contribution in [0.5, 0.6) is 0 Å². The number of aliphatic hydroxyl groups is 4. The number of hydrogen-bond acceptors (Lipinski definition) is 22. The lowest BCUT2D eigenvalue weighted by Gasteiger charge is -2.42. The van der Waals surface area contributed by atoms with E-state index >= 15 is 14.4 Å². The zero-order chi connectivity index (χ0) is 79.7. The maximum atomic E-state index is 15.7. The van der Waals surface area contributed by atoms with Crippen LogP contribution < -0.4 is 86.3 Å². The van der Waals surface area contributed by atoms with Gasteiger partial charge in [-0.2, -0.15) is 0 Å². The molecule has 1 rings (SSSR count). The lowest BCUT2D eigenvalue weighted by atomic mass is 9.75. The summed E-state index contributed by atoms with van der Waals surface area (Å²) in [6.45, 7) is 23.5. The standard InChI is InChI=1S/C66H117N17O19Si/c1-19-34(4)45(57(95)80-46(35(5)85)56(94)73-30-44(86)78-47(49(87)52(69)90)58(96)77-40(31-84)61(99)100)79-54(92)37(23-22-26-72-62(70)71)74-55(93)38(27-33(2)3)75-59(97)48(81-63(101)102-65(9,10)11)51(89)66(12,13)50(88)43(29-67)83(42-25-21-20-24-41(42)82(14)15)60(98)39(28-64(6,7)8)76-53(91)36(68)32-103(16,17)18/h20-21,24-25,33-40,43,45-49,51,84-85,87,89H,19,22-23,26-32,67-68H2,1-18H3,(H2,69,90)(H,73,94)(H,74,93)(H,75,97)(H,76,91)(H,77,96)(H,78,86)(H,79,92)(H,80,95)(H,81,101)(H,99,100)(H4,70,71,72)/t34-,35-,36+,37+,38-,39-,40-,43-,45-,46-,47-,48-,49-,51-/m0/s1.